The predicted octanol–water partition coefficient (Wildman–Crippen LogP) is 2.83. The first-order chi connectivity index (χ1) is 8.19. The summed E-state index contributed by atoms with van der Waals surface area (Å²) in [6.07, 6.45) is 4.75. The van der Waals surface area contributed by atoms with Crippen LogP contribution < -0.4 is 10.1 Å². The Bertz CT molecular complexity index is 328. The molecule has 0 aromatic carbocycles. The van der Waals surface area contributed by atoms with E-state index in [1.165, 1.54) is 5.56 Å². The molecule has 3 nitrogen and oxygen atoms in total. The van der Waals surface area contributed by atoms with E-state index in [4.69, 9.17) is 4.74 Å². The van der Waals surface area contributed by atoms with Crippen LogP contribution in [0.3, 0.4) is 0 Å². The van der Waals surface area contributed by atoms with Crippen LogP contribution in [0.1, 0.15) is 38.7 Å². The minimum atomic E-state index is 0.486. The van der Waals surface area contributed by atoms with Crippen LogP contribution >= 0.6 is 0 Å². The van der Waals surface area contributed by atoms with Crippen molar-refractivity contribution in [3.8, 4) is 5.75 Å². The summed E-state index contributed by atoms with van der Waals surface area (Å²) in [7, 11) is 1.99. The molecule has 0 spiro atoms. The third-order valence-corrected chi connectivity index (χ3v) is 3.11. The van der Waals surface area contributed by atoms with E-state index in [-0.39, 0.29) is 0 Å². The largest absolute Gasteiger partial charge is 0.492 e. The lowest BCUT2D eigenvalue weighted by atomic mass is 9.90. The van der Waals surface area contributed by atoms with Crippen molar-refractivity contribution in [1.82, 2.24) is 10.3 Å². The van der Waals surface area contributed by atoms with Gasteiger partial charge in [0.2, 0.25) is 0 Å². The highest BCUT2D eigenvalue weighted by atomic mass is 16.5. The maximum atomic E-state index is 5.61. The first-order valence-electron chi connectivity index (χ1n) is 6.41. The molecule has 1 aromatic heterocycles. The minimum absolute atomic E-state index is 0.486. The molecule has 1 rings (SSSR count). The average Bonchev–Trinajstić information content (AvgIpc) is 2.36. The van der Waals surface area contributed by atoms with E-state index >= 15 is 0 Å². The first kappa shape index (κ1) is 14.0. The fraction of sp³-hybridized carbons (Fsp3) is 0.643. The maximum absolute atomic E-state index is 5.61. The van der Waals surface area contributed by atoms with Crippen molar-refractivity contribution < 1.29 is 4.74 Å². The molecule has 0 bridgehead atoms. The molecule has 2 atom stereocenters. The third-order valence-electron chi connectivity index (χ3n) is 3.11. The topological polar surface area (TPSA) is 34.1 Å². The number of hydrogen-bond donors (Lipinski definition) is 1. The number of nitrogens with one attached hydrogen (secondary N) is 1. The fourth-order valence-corrected chi connectivity index (χ4v) is 1.81. The molecule has 1 N–H and O–H groups in total. The van der Waals surface area contributed by atoms with Crippen molar-refractivity contribution in [2.75, 3.05) is 20.2 Å². The summed E-state index contributed by atoms with van der Waals surface area (Å²) in [5.41, 5.74) is 1.25. The van der Waals surface area contributed by atoms with Gasteiger partial charge >= 0.3 is 0 Å². The summed E-state index contributed by atoms with van der Waals surface area (Å²) >= 11 is 0. The molecule has 17 heavy (non-hydrogen) atoms. The van der Waals surface area contributed by atoms with Gasteiger partial charge in [0.25, 0.3) is 0 Å². The number of pyridine rings is 1. The number of hydrogen-bond acceptors (Lipinski definition) is 3. The molecule has 1 aromatic rings. The third kappa shape index (κ3) is 4.35. The highest BCUT2D eigenvalue weighted by Gasteiger charge is 2.14. The van der Waals surface area contributed by atoms with E-state index in [2.05, 4.69) is 37.1 Å². The zero-order valence-electron chi connectivity index (χ0n) is 11.4. The lowest BCUT2D eigenvalue weighted by molar-refractivity contribution is 0.315. The summed E-state index contributed by atoms with van der Waals surface area (Å²) in [6.45, 7) is 8.37. The van der Waals surface area contributed by atoms with Gasteiger partial charge in [0.15, 0.2) is 0 Å². The predicted molar refractivity (Wildman–Crippen MR) is 71.5 cm³/mol. The van der Waals surface area contributed by atoms with Crippen LogP contribution in [0.15, 0.2) is 18.5 Å². The van der Waals surface area contributed by atoms with Gasteiger partial charge in [0, 0.05) is 6.20 Å². The number of aromatic nitrogens is 1. The van der Waals surface area contributed by atoms with Crippen LogP contribution in [0, 0.1) is 5.92 Å². The Balaban J connectivity index is 2.69. The van der Waals surface area contributed by atoms with Crippen LogP contribution in [0.5, 0.6) is 5.75 Å². The summed E-state index contributed by atoms with van der Waals surface area (Å²) in [5.74, 6) is 1.95. The zero-order chi connectivity index (χ0) is 12.7. The van der Waals surface area contributed by atoms with Gasteiger partial charge in [-0.15, -0.1) is 0 Å². The van der Waals surface area contributed by atoms with Crippen molar-refractivity contribution in [3.05, 3.63) is 24.0 Å². The standard InChI is InChI=1S/C14H24N2O/c1-5-6-17-14-7-13(9-16-10-14)12(3)11(2)8-15-4/h7,9-12,15H,5-6,8H2,1-4H3. The second-order valence-corrected chi connectivity index (χ2v) is 4.63. The van der Waals surface area contributed by atoms with E-state index < -0.39 is 0 Å². The second kappa shape index (κ2) is 7.28. The number of rotatable bonds is 7. The molecule has 1 heterocycles. The Labute approximate surface area is 105 Å². The van der Waals surface area contributed by atoms with Gasteiger partial charge < -0.3 is 10.1 Å². The molecule has 96 valence electrons. The molecule has 0 aliphatic heterocycles. The van der Waals surface area contributed by atoms with Gasteiger partial charge in [0.1, 0.15) is 5.75 Å². The highest BCUT2D eigenvalue weighted by molar-refractivity contribution is 5.26. The Hall–Kier alpha value is -1.09. The van der Waals surface area contributed by atoms with E-state index in [0.29, 0.717) is 11.8 Å². The highest BCUT2D eigenvalue weighted by Crippen LogP contribution is 2.25. The average molecular weight is 236 g/mol. The summed E-state index contributed by atoms with van der Waals surface area (Å²) in [4.78, 5) is 4.26. The first-order valence-corrected chi connectivity index (χ1v) is 6.41. The molecule has 3 heteroatoms. The SMILES string of the molecule is CCCOc1cncc(C(C)C(C)CNC)c1. The Kier molecular flexibility index (Phi) is 5.98. The molecule has 0 aliphatic carbocycles. The quantitative estimate of drug-likeness (QED) is 0.790. The second-order valence-electron chi connectivity index (χ2n) is 4.63. The van der Waals surface area contributed by atoms with Gasteiger partial charge in [-0.25, -0.2) is 0 Å². The van der Waals surface area contributed by atoms with Crippen LogP contribution in [0.25, 0.3) is 0 Å². The van der Waals surface area contributed by atoms with Crippen molar-refractivity contribution >= 4 is 0 Å². The summed E-state index contributed by atoms with van der Waals surface area (Å²) in [5, 5.41) is 3.22. The number of nitrogens with zero attached hydrogens (tertiary/aromatic N) is 1. The van der Waals surface area contributed by atoms with Crippen molar-refractivity contribution in [3.63, 3.8) is 0 Å². The van der Waals surface area contributed by atoms with Crippen molar-refractivity contribution in [2.24, 2.45) is 5.92 Å². The van der Waals surface area contributed by atoms with E-state index in [0.717, 1.165) is 25.3 Å². The molecule has 0 saturated carbocycles. The van der Waals surface area contributed by atoms with Crippen LogP contribution in [-0.4, -0.2) is 25.2 Å². The van der Waals surface area contributed by atoms with Gasteiger partial charge in [-0.1, -0.05) is 20.8 Å². The molecule has 0 aliphatic rings. The summed E-state index contributed by atoms with van der Waals surface area (Å²) in [6, 6.07) is 2.11. The molecule has 2 unspecified atom stereocenters. The van der Waals surface area contributed by atoms with Gasteiger partial charge in [-0.3, -0.25) is 4.98 Å². The lowest BCUT2D eigenvalue weighted by Crippen LogP contribution is -2.20. The van der Waals surface area contributed by atoms with Crippen LogP contribution in [0.4, 0.5) is 0 Å². The van der Waals surface area contributed by atoms with Gasteiger partial charge in [-0.2, -0.15) is 0 Å². The molecule has 0 fully saturated rings. The van der Waals surface area contributed by atoms with Crippen LogP contribution in [-0.2, 0) is 0 Å². The van der Waals surface area contributed by atoms with E-state index in [1.807, 2.05) is 13.2 Å². The fourth-order valence-electron chi connectivity index (χ4n) is 1.81. The van der Waals surface area contributed by atoms with E-state index in [1.54, 1.807) is 6.20 Å². The Morgan fingerprint density at radius 3 is 2.76 bits per heavy atom. The molecule has 0 saturated heterocycles. The van der Waals surface area contributed by atoms with Crippen molar-refractivity contribution in [2.45, 2.75) is 33.1 Å². The molecule has 0 radical (unpaired) electrons. The lowest BCUT2D eigenvalue weighted by Gasteiger charge is -2.20. The maximum Gasteiger partial charge on any atom is 0.137 e. The van der Waals surface area contributed by atoms with Gasteiger partial charge in [0.05, 0.1) is 12.8 Å². The Morgan fingerprint density at radius 1 is 1.35 bits per heavy atom. The van der Waals surface area contributed by atoms with Gasteiger partial charge in [-0.05, 0) is 43.5 Å². The zero-order valence-corrected chi connectivity index (χ0v) is 11.4. The monoisotopic (exact) mass is 236 g/mol. The molecular formula is C14H24N2O. The smallest absolute Gasteiger partial charge is 0.137 e. The number of ether oxygens (including phenoxy) is 1. The van der Waals surface area contributed by atoms with Crippen LogP contribution in [0.2, 0.25) is 0 Å². The minimum Gasteiger partial charge on any atom is -0.492 e. The Morgan fingerprint density at radius 2 is 2.12 bits per heavy atom. The normalized spacial score (nSPS) is 14.4. The molecule has 0 amide bonds. The van der Waals surface area contributed by atoms with Crippen molar-refractivity contribution in [1.29, 1.82) is 0 Å². The summed E-state index contributed by atoms with van der Waals surface area (Å²) < 4.78 is 5.61. The van der Waals surface area contributed by atoms with E-state index in [9.17, 15) is 0 Å². The molecular weight excluding hydrogens is 212 g/mol.